The Balaban J connectivity index is 1.88. The van der Waals surface area contributed by atoms with Gasteiger partial charge in [0.1, 0.15) is 5.69 Å². The lowest BCUT2D eigenvalue weighted by atomic mass is 10.2. The molecule has 0 aliphatic carbocycles. The smallest absolute Gasteiger partial charge is 0.242 e. The Morgan fingerprint density at radius 1 is 1.21 bits per heavy atom. The van der Waals surface area contributed by atoms with E-state index in [4.69, 9.17) is 5.73 Å². The molecule has 6 nitrogen and oxygen atoms in total. The zero-order valence-electron chi connectivity index (χ0n) is 10.3. The SMILES string of the molecule is NCCNc1ncc(-c2cc3ccccc3[nH]2)nn1. The molecule has 2 aromatic heterocycles. The highest BCUT2D eigenvalue weighted by atomic mass is 15.2. The standard InChI is InChI=1S/C13H14N6/c14-5-6-15-13-16-8-12(18-19-13)11-7-9-3-1-2-4-10(9)17-11/h1-4,7-8,17H,5-6,14H2,(H,15,16,19). The maximum atomic E-state index is 5.40. The summed E-state index contributed by atoms with van der Waals surface area (Å²) in [6.07, 6.45) is 1.69. The number of benzene rings is 1. The van der Waals surface area contributed by atoms with Gasteiger partial charge in [-0.2, -0.15) is 0 Å². The van der Waals surface area contributed by atoms with Crippen molar-refractivity contribution in [1.29, 1.82) is 0 Å². The summed E-state index contributed by atoms with van der Waals surface area (Å²) in [5.41, 5.74) is 8.10. The summed E-state index contributed by atoms with van der Waals surface area (Å²) in [5.74, 6) is 0.491. The quantitative estimate of drug-likeness (QED) is 0.654. The van der Waals surface area contributed by atoms with Gasteiger partial charge in [-0.25, -0.2) is 4.98 Å². The minimum Gasteiger partial charge on any atom is -0.353 e. The summed E-state index contributed by atoms with van der Waals surface area (Å²) in [5, 5.41) is 12.3. The van der Waals surface area contributed by atoms with Crippen LogP contribution in [0.4, 0.5) is 5.95 Å². The first-order chi connectivity index (χ1) is 9.36. The topological polar surface area (TPSA) is 92.5 Å². The molecule has 3 aromatic rings. The van der Waals surface area contributed by atoms with Gasteiger partial charge in [0.25, 0.3) is 0 Å². The Morgan fingerprint density at radius 3 is 2.84 bits per heavy atom. The van der Waals surface area contributed by atoms with E-state index in [0.29, 0.717) is 19.0 Å². The van der Waals surface area contributed by atoms with Crippen molar-refractivity contribution in [3.63, 3.8) is 0 Å². The van der Waals surface area contributed by atoms with Gasteiger partial charge in [0.2, 0.25) is 5.95 Å². The maximum Gasteiger partial charge on any atom is 0.242 e. The second-order valence-electron chi connectivity index (χ2n) is 4.15. The number of nitrogens with two attached hydrogens (primary N) is 1. The average Bonchev–Trinajstić information content (AvgIpc) is 2.89. The molecule has 0 fully saturated rings. The molecule has 2 heterocycles. The minimum atomic E-state index is 0.491. The summed E-state index contributed by atoms with van der Waals surface area (Å²) in [7, 11) is 0. The van der Waals surface area contributed by atoms with Crippen molar-refractivity contribution in [3.05, 3.63) is 36.5 Å². The fourth-order valence-electron chi connectivity index (χ4n) is 1.87. The Hall–Kier alpha value is -2.47. The van der Waals surface area contributed by atoms with Crippen LogP contribution >= 0.6 is 0 Å². The third-order valence-electron chi connectivity index (χ3n) is 2.79. The molecule has 1 aromatic carbocycles. The molecule has 0 amide bonds. The molecule has 0 unspecified atom stereocenters. The molecular formula is C13H14N6. The van der Waals surface area contributed by atoms with E-state index in [1.165, 1.54) is 0 Å². The summed E-state index contributed by atoms with van der Waals surface area (Å²) in [6.45, 7) is 1.17. The zero-order chi connectivity index (χ0) is 13.1. The molecule has 0 spiro atoms. The molecule has 3 rings (SSSR count). The van der Waals surface area contributed by atoms with E-state index in [0.717, 1.165) is 22.3 Å². The molecule has 0 bridgehead atoms. The molecule has 0 aliphatic heterocycles. The first-order valence-electron chi connectivity index (χ1n) is 6.08. The van der Waals surface area contributed by atoms with Gasteiger partial charge >= 0.3 is 0 Å². The monoisotopic (exact) mass is 254 g/mol. The highest BCUT2D eigenvalue weighted by molar-refractivity contribution is 5.84. The fraction of sp³-hybridized carbons (Fsp3) is 0.154. The number of nitrogens with one attached hydrogen (secondary N) is 2. The van der Waals surface area contributed by atoms with Crippen molar-refractivity contribution in [2.45, 2.75) is 0 Å². The number of nitrogens with zero attached hydrogens (tertiary/aromatic N) is 3. The van der Waals surface area contributed by atoms with Crippen molar-refractivity contribution in [1.82, 2.24) is 20.2 Å². The van der Waals surface area contributed by atoms with Crippen molar-refractivity contribution >= 4 is 16.9 Å². The van der Waals surface area contributed by atoms with E-state index >= 15 is 0 Å². The summed E-state index contributed by atoms with van der Waals surface area (Å²) < 4.78 is 0. The van der Waals surface area contributed by atoms with Gasteiger partial charge in [0, 0.05) is 24.0 Å². The van der Waals surface area contributed by atoms with Crippen molar-refractivity contribution in [2.75, 3.05) is 18.4 Å². The largest absolute Gasteiger partial charge is 0.353 e. The highest BCUT2D eigenvalue weighted by Crippen LogP contribution is 2.21. The number of aromatic nitrogens is 4. The van der Waals surface area contributed by atoms with Crippen LogP contribution in [0.1, 0.15) is 0 Å². The van der Waals surface area contributed by atoms with Crippen LogP contribution in [-0.4, -0.2) is 33.3 Å². The molecule has 0 aliphatic rings. The zero-order valence-corrected chi connectivity index (χ0v) is 10.3. The lowest BCUT2D eigenvalue weighted by Crippen LogP contribution is -2.15. The van der Waals surface area contributed by atoms with Gasteiger partial charge in [-0.05, 0) is 12.1 Å². The second-order valence-corrected chi connectivity index (χ2v) is 4.15. The average molecular weight is 254 g/mol. The molecule has 0 saturated heterocycles. The lowest BCUT2D eigenvalue weighted by molar-refractivity contribution is 0.932. The lowest BCUT2D eigenvalue weighted by Gasteiger charge is -2.01. The molecular weight excluding hydrogens is 240 g/mol. The number of para-hydroxylation sites is 1. The van der Waals surface area contributed by atoms with Crippen LogP contribution in [0.25, 0.3) is 22.3 Å². The molecule has 19 heavy (non-hydrogen) atoms. The van der Waals surface area contributed by atoms with Crippen LogP contribution in [0, 0.1) is 0 Å². The van der Waals surface area contributed by atoms with E-state index < -0.39 is 0 Å². The number of aromatic amines is 1. The summed E-state index contributed by atoms with van der Waals surface area (Å²) in [6, 6.07) is 10.1. The molecule has 0 atom stereocenters. The number of fused-ring (bicyclic) bond motifs is 1. The third kappa shape index (κ3) is 2.38. The molecule has 0 radical (unpaired) electrons. The van der Waals surface area contributed by atoms with E-state index in [-0.39, 0.29) is 0 Å². The van der Waals surface area contributed by atoms with Crippen LogP contribution < -0.4 is 11.1 Å². The van der Waals surface area contributed by atoms with Crippen LogP contribution in [0.15, 0.2) is 36.5 Å². The Kier molecular flexibility index (Phi) is 3.07. The van der Waals surface area contributed by atoms with Crippen molar-refractivity contribution in [2.24, 2.45) is 5.73 Å². The van der Waals surface area contributed by atoms with Crippen molar-refractivity contribution in [3.8, 4) is 11.4 Å². The van der Waals surface area contributed by atoms with Gasteiger partial charge in [-0.1, -0.05) is 18.2 Å². The number of rotatable bonds is 4. The predicted molar refractivity (Wildman–Crippen MR) is 74.7 cm³/mol. The van der Waals surface area contributed by atoms with E-state index in [1.54, 1.807) is 6.20 Å². The Labute approximate surface area is 110 Å². The van der Waals surface area contributed by atoms with Crippen LogP contribution in [0.5, 0.6) is 0 Å². The number of hydrogen-bond donors (Lipinski definition) is 3. The first-order valence-corrected chi connectivity index (χ1v) is 6.08. The molecule has 4 N–H and O–H groups in total. The molecule has 0 saturated carbocycles. The van der Waals surface area contributed by atoms with Gasteiger partial charge < -0.3 is 16.0 Å². The number of H-pyrrole nitrogens is 1. The van der Waals surface area contributed by atoms with E-state index in [9.17, 15) is 0 Å². The maximum absolute atomic E-state index is 5.40. The van der Waals surface area contributed by atoms with Crippen LogP contribution in [0.3, 0.4) is 0 Å². The normalized spacial score (nSPS) is 10.8. The van der Waals surface area contributed by atoms with Gasteiger partial charge in [0.05, 0.1) is 11.9 Å². The highest BCUT2D eigenvalue weighted by Gasteiger charge is 2.05. The van der Waals surface area contributed by atoms with E-state index in [1.807, 2.05) is 30.3 Å². The summed E-state index contributed by atoms with van der Waals surface area (Å²) >= 11 is 0. The minimum absolute atomic E-state index is 0.491. The fourth-order valence-corrected chi connectivity index (χ4v) is 1.87. The third-order valence-corrected chi connectivity index (χ3v) is 2.79. The number of anilines is 1. The number of hydrogen-bond acceptors (Lipinski definition) is 5. The molecule has 96 valence electrons. The molecule has 6 heteroatoms. The van der Waals surface area contributed by atoms with Crippen LogP contribution in [0.2, 0.25) is 0 Å². The van der Waals surface area contributed by atoms with E-state index in [2.05, 4.69) is 25.5 Å². The Morgan fingerprint density at radius 2 is 2.11 bits per heavy atom. The van der Waals surface area contributed by atoms with Crippen molar-refractivity contribution < 1.29 is 0 Å². The first kappa shape index (κ1) is 11.6. The Bertz CT molecular complexity index is 640. The van der Waals surface area contributed by atoms with Gasteiger partial charge in [0.15, 0.2) is 0 Å². The van der Waals surface area contributed by atoms with Gasteiger partial charge in [-0.3, -0.25) is 0 Å². The van der Waals surface area contributed by atoms with Crippen LogP contribution in [-0.2, 0) is 0 Å². The second kappa shape index (κ2) is 5.03. The summed E-state index contributed by atoms with van der Waals surface area (Å²) in [4.78, 5) is 7.49. The predicted octanol–water partition coefficient (Wildman–Crippen LogP) is 1.39. The van der Waals surface area contributed by atoms with Gasteiger partial charge in [-0.15, -0.1) is 10.2 Å².